The summed E-state index contributed by atoms with van der Waals surface area (Å²) in [4.78, 5) is 13.2. The first-order chi connectivity index (χ1) is 8.95. The first kappa shape index (κ1) is 11.3. The van der Waals surface area contributed by atoms with Crippen molar-refractivity contribution in [1.82, 2.24) is 4.98 Å². The maximum atomic E-state index is 4.55. The van der Waals surface area contributed by atoms with Crippen LogP contribution in [0.5, 0.6) is 0 Å². The highest BCUT2D eigenvalue weighted by Gasteiger charge is 2.33. The van der Waals surface area contributed by atoms with Crippen LogP contribution in [0.15, 0.2) is 46.5 Å². The quantitative estimate of drug-likeness (QED) is 0.779. The van der Waals surface area contributed by atoms with Gasteiger partial charge in [0.1, 0.15) is 6.54 Å². The molecule has 0 aliphatic carbocycles. The molecule has 0 spiro atoms. The summed E-state index contributed by atoms with van der Waals surface area (Å²) in [6, 6.07) is 6.32. The zero-order valence-corrected chi connectivity index (χ0v) is 10.1. The van der Waals surface area contributed by atoms with E-state index in [9.17, 15) is 0 Å². The highest BCUT2D eigenvalue weighted by molar-refractivity contribution is 5.72. The van der Waals surface area contributed by atoms with Gasteiger partial charge in [-0.05, 0) is 31.1 Å². The van der Waals surface area contributed by atoms with Crippen molar-refractivity contribution in [1.29, 1.82) is 0 Å². The Balaban J connectivity index is 1.85. The van der Waals surface area contributed by atoms with E-state index in [-0.39, 0.29) is 12.0 Å². The zero-order chi connectivity index (χ0) is 12.2. The Hall–Kier alpha value is -1.77. The van der Waals surface area contributed by atoms with Gasteiger partial charge in [0.2, 0.25) is 0 Å². The average Bonchev–Trinajstić information content (AvgIpc) is 2.49. The molecule has 0 aromatic carbocycles. The second-order valence-corrected chi connectivity index (χ2v) is 4.59. The normalized spacial score (nSPS) is 30.6. The topological polar surface area (TPSA) is 37.6 Å². The van der Waals surface area contributed by atoms with Crippen molar-refractivity contribution in [3.05, 3.63) is 48.8 Å². The van der Waals surface area contributed by atoms with E-state index in [4.69, 9.17) is 0 Å². The molecule has 0 saturated heterocycles. The lowest BCUT2D eigenvalue weighted by molar-refractivity contribution is 0.387. The fraction of sp³-hybridized carbons (Fsp3) is 0.333. The van der Waals surface area contributed by atoms with Crippen LogP contribution in [-0.2, 0) is 0 Å². The van der Waals surface area contributed by atoms with Crippen LogP contribution >= 0.6 is 0 Å². The van der Waals surface area contributed by atoms with E-state index in [1.54, 1.807) is 0 Å². The van der Waals surface area contributed by atoms with Gasteiger partial charge in [0.25, 0.3) is 0 Å². The van der Waals surface area contributed by atoms with Crippen LogP contribution in [0, 0.1) is 12.5 Å². The summed E-state index contributed by atoms with van der Waals surface area (Å²) in [6.07, 6.45) is 11.7. The molecule has 0 N–H and O–H groups in total. The first-order valence-electron chi connectivity index (χ1n) is 6.31. The van der Waals surface area contributed by atoms with Crippen LogP contribution in [0.3, 0.4) is 0 Å². The van der Waals surface area contributed by atoms with Crippen molar-refractivity contribution >= 4 is 12.4 Å². The van der Waals surface area contributed by atoms with Crippen LogP contribution in [-0.4, -0.2) is 23.5 Å². The largest absolute Gasteiger partial charge is 0.289 e. The minimum atomic E-state index is 0.228. The lowest BCUT2D eigenvalue weighted by atomic mass is 9.79. The Morgan fingerprint density at radius 2 is 2.22 bits per heavy atom. The van der Waals surface area contributed by atoms with Crippen molar-refractivity contribution in [3.63, 3.8) is 0 Å². The van der Waals surface area contributed by atoms with Gasteiger partial charge in [-0.2, -0.15) is 0 Å². The van der Waals surface area contributed by atoms with Crippen molar-refractivity contribution in [3.8, 4) is 0 Å². The number of aromatic nitrogens is 1. The second-order valence-electron chi connectivity index (χ2n) is 4.59. The number of allylic oxidation sites excluding steroid dienone is 1. The highest BCUT2D eigenvalue weighted by Crippen LogP contribution is 2.36. The summed E-state index contributed by atoms with van der Waals surface area (Å²) in [6.45, 7) is 3.22. The Labute approximate surface area is 107 Å². The molecule has 3 atom stereocenters. The van der Waals surface area contributed by atoms with E-state index in [1.165, 1.54) is 0 Å². The standard InChI is InChI=1S/C15H15N3/c1-3-8-17-14(5-1)12-7-10-16-11-13(12)15-6-2-4-9-18-15/h1-5,8-10,12-13,15H,6-7H2. The number of hydrogen-bond donors (Lipinski definition) is 0. The van der Waals surface area contributed by atoms with Gasteiger partial charge >= 0.3 is 0 Å². The monoisotopic (exact) mass is 237 g/mol. The van der Waals surface area contributed by atoms with Crippen molar-refractivity contribution < 1.29 is 0 Å². The van der Waals surface area contributed by atoms with Gasteiger partial charge in [-0.25, -0.2) is 0 Å². The molecule has 3 heteroatoms. The molecule has 90 valence electrons. The molecule has 3 heterocycles. The van der Waals surface area contributed by atoms with E-state index in [1.807, 2.05) is 36.8 Å². The third-order valence-corrected chi connectivity index (χ3v) is 3.47. The predicted octanol–water partition coefficient (Wildman–Crippen LogP) is 2.69. The van der Waals surface area contributed by atoms with Gasteiger partial charge in [0.05, 0.1) is 6.04 Å². The average molecular weight is 237 g/mol. The molecule has 3 unspecified atom stereocenters. The molecule has 3 nitrogen and oxygen atoms in total. The highest BCUT2D eigenvalue weighted by atomic mass is 14.8. The number of aliphatic imine (C=N–C) groups is 2. The van der Waals surface area contributed by atoms with E-state index < -0.39 is 0 Å². The zero-order valence-electron chi connectivity index (χ0n) is 10.1. The smallest absolute Gasteiger partial charge is 0.122 e. The van der Waals surface area contributed by atoms with Crippen LogP contribution in [0.2, 0.25) is 0 Å². The minimum absolute atomic E-state index is 0.228. The molecule has 2 aliphatic rings. The predicted molar refractivity (Wildman–Crippen MR) is 72.9 cm³/mol. The molecule has 1 aromatic rings. The molecule has 0 saturated carbocycles. The molecule has 3 rings (SSSR count). The molecule has 0 fully saturated rings. The van der Waals surface area contributed by atoms with Crippen LogP contribution in [0.25, 0.3) is 0 Å². The molecule has 0 amide bonds. The Kier molecular flexibility index (Phi) is 3.31. The summed E-state index contributed by atoms with van der Waals surface area (Å²) in [5, 5.41) is 0. The molecular formula is C15H15N3. The van der Waals surface area contributed by atoms with Crippen LogP contribution < -0.4 is 0 Å². The lowest BCUT2D eigenvalue weighted by Crippen LogP contribution is -2.29. The summed E-state index contributed by atoms with van der Waals surface area (Å²) in [5.74, 6) is 0.573. The van der Waals surface area contributed by atoms with Crippen molar-refractivity contribution in [2.75, 3.05) is 0 Å². The maximum absolute atomic E-state index is 4.55. The van der Waals surface area contributed by atoms with E-state index >= 15 is 0 Å². The van der Waals surface area contributed by atoms with Crippen LogP contribution in [0.1, 0.15) is 24.5 Å². The third-order valence-electron chi connectivity index (χ3n) is 3.47. The second kappa shape index (κ2) is 5.25. The summed E-state index contributed by atoms with van der Waals surface area (Å²) in [5.41, 5.74) is 1.12. The SMILES string of the molecule is [C]1N=CCC(c2ccccn2)C1C1CC=CC=N1. The lowest BCUT2D eigenvalue weighted by Gasteiger charge is -2.31. The fourth-order valence-electron chi connectivity index (χ4n) is 2.54. The van der Waals surface area contributed by atoms with Gasteiger partial charge in [0, 0.05) is 36.2 Å². The number of nitrogens with zero attached hydrogens (tertiary/aromatic N) is 3. The molecule has 2 aliphatic heterocycles. The number of dihydropyridines is 1. The fourth-order valence-corrected chi connectivity index (χ4v) is 2.54. The molecule has 18 heavy (non-hydrogen) atoms. The Morgan fingerprint density at radius 1 is 1.22 bits per heavy atom. The minimum Gasteiger partial charge on any atom is -0.289 e. The Bertz CT molecular complexity index is 476. The van der Waals surface area contributed by atoms with Gasteiger partial charge in [0.15, 0.2) is 0 Å². The first-order valence-corrected chi connectivity index (χ1v) is 6.31. The molecule has 1 aromatic heterocycles. The maximum Gasteiger partial charge on any atom is 0.122 e. The van der Waals surface area contributed by atoms with Gasteiger partial charge in [-0.15, -0.1) is 0 Å². The number of hydrogen-bond acceptors (Lipinski definition) is 3. The summed E-state index contributed by atoms with van der Waals surface area (Å²) >= 11 is 0. The molecule has 2 radical (unpaired) electrons. The van der Waals surface area contributed by atoms with E-state index in [2.05, 4.69) is 33.7 Å². The van der Waals surface area contributed by atoms with Gasteiger partial charge in [-0.1, -0.05) is 12.1 Å². The van der Waals surface area contributed by atoms with Gasteiger partial charge < -0.3 is 0 Å². The van der Waals surface area contributed by atoms with Crippen LogP contribution in [0.4, 0.5) is 0 Å². The van der Waals surface area contributed by atoms with E-state index in [0.29, 0.717) is 5.92 Å². The number of pyridine rings is 1. The summed E-state index contributed by atoms with van der Waals surface area (Å²) < 4.78 is 0. The Morgan fingerprint density at radius 3 is 3.00 bits per heavy atom. The summed E-state index contributed by atoms with van der Waals surface area (Å²) in [7, 11) is 0. The van der Waals surface area contributed by atoms with Crippen molar-refractivity contribution in [2.45, 2.75) is 24.8 Å². The number of rotatable bonds is 2. The van der Waals surface area contributed by atoms with Crippen molar-refractivity contribution in [2.24, 2.45) is 15.9 Å². The van der Waals surface area contributed by atoms with E-state index in [0.717, 1.165) is 18.5 Å². The molecular weight excluding hydrogens is 222 g/mol. The molecule has 0 bridgehead atoms. The third kappa shape index (κ3) is 2.26. The van der Waals surface area contributed by atoms with Gasteiger partial charge in [-0.3, -0.25) is 15.0 Å².